The number of aromatic hydroxyl groups is 1. The third-order valence-corrected chi connectivity index (χ3v) is 6.62. The fraction of sp³-hybridized carbons (Fsp3) is 0.450. The van der Waals surface area contributed by atoms with Crippen LogP contribution >= 0.6 is 11.3 Å². The third kappa shape index (κ3) is 3.79. The summed E-state index contributed by atoms with van der Waals surface area (Å²) in [7, 11) is 0. The molecule has 1 amide bonds. The van der Waals surface area contributed by atoms with Crippen molar-refractivity contribution in [1.82, 2.24) is 14.6 Å². The molecule has 8 nitrogen and oxygen atoms in total. The summed E-state index contributed by atoms with van der Waals surface area (Å²) >= 11 is 1.46. The van der Waals surface area contributed by atoms with Gasteiger partial charge >= 0.3 is 0 Å². The number of piperidine rings is 1. The van der Waals surface area contributed by atoms with Crippen LogP contribution in [0.1, 0.15) is 42.1 Å². The zero-order valence-electron chi connectivity index (χ0n) is 16.6. The van der Waals surface area contributed by atoms with Gasteiger partial charge in [0, 0.05) is 24.3 Å². The lowest BCUT2D eigenvalue weighted by Crippen LogP contribution is -3.13. The normalized spacial score (nSPS) is 20.6. The van der Waals surface area contributed by atoms with E-state index >= 15 is 0 Å². The zero-order valence-corrected chi connectivity index (χ0v) is 17.4. The number of likely N-dealkylation sites (tertiary alicyclic amines) is 1. The number of nitrogens with two attached hydrogens (primary N) is 1. The Morgan fingerprint density at radius 2 is 2.07 bits per heavy atom. The van der Waals surface area contributed by atoms with Crippen LogP contribution in [0.4, 0.5) is 0 Å². The Morgan fingerprint density at radius 3 is 2.66 bits per heavy atom. The second-order valence-electron chi connectivity index (χ2n) is 7.41. The SMILES string of the molecule is CCOc1ccc([C@H](c2sc3nc(C)nn3c2O)[NH+]2CCC(C(N)=O)CC2)cc1. The van der Waals surface area contributed by atoms with Crippen molar-refractivity contribution >= 4 is 22.2 Å². The molecule has 1 aromatic carbocycles. The largest absolute Gasteiger partial charge is 0.494 e. The maximum Gasteiger partial charge on any atom is 0.235 e. The Balaban J connectivity index is 1.71. The number of amides is 1. The molecule has 0 bridgehead atoms. The molecular weight excluding hydrogens is 390 g/mol. The van der Waals surface area contributed by atoms with E-state index in [0.29, 0.717) is 17.4 Å². The number of rotatable bonds is 6. The second-order valence-corrected chi connectivity index (χ2v) is 8.42. The minimum absolute atomic E-state index is 0.0710. The first-order valence-electron chi connectivity index (χ1n) is 9.89. The number of carbonyl (C=O) groups is 1. The van der Waals surface area contributed by atoms with Crippen molar-refractivity contribution in [2.45, 2.75) is 32.7 Å². The van der Waals surface area contributed by atoms with E-state index in [1.165, 1.54) is 20.8 Å². The molecule has 4 rings (SSSR count). The minimum atomic E-state index is -0.223. The molecule has 1 fully saturated rings. The predicted octanol–water partition coefficient (Wildman–Crippen LogP) is 1.07. The molecule has 0 radical (unpaired) electrons. The van der Waals surface area contributed by atoms with E-state index in [2.05, 4.69) is 10.1 Å². The van der Waals surface area contributed by atoms with E-state index < -0.39 is 0 Å². The fourth-order valence-corrected chi connectivity index (χ4v) is 5.28. The highest BCUT2D eigenvalue weighted by Crippen LogP contribution is 2.35. The molecule has 3 heterocycles. The van der Waals surface area contributed by atoms with Crippen LogP contribution in [0.25, 0.3) is 4.96 Å². The molecule has 1 aliphatic rings. The topological polar surface area (TPSA) is 107 Å². The maximum absolute atomic E-state index is 11.6. The minimum Gasteiger partial charge on any atom is -0.494 e. The molecule has 154 valence electrons. The summed E-state index contributed by atoms with van der Waals surface area (Å²) in [5, 5.41) is 15.2. The lowest BCUT2D eigenvalue weighted by Gasteiger charge is -2.33. The second kappa shape index (κ2) is 8.00. The summed E-state index contributed by atoms with van der Waals surface area (Å²) in [5.41, 5.74) is 6.59. The summed E-state index contributed by atoms with van der Waals surface area (Å²) in [6.45, 7) is 5.98. The van der Waals surface area contributed by atoms with Crippen molar-refractivity contribution in [3.8, 4) is 11.6 Å². The molecule has 0 unspecified atom stereocenters. The summed E-state index contributed by atoms with van der Waals surface area (Å²) < 4.78 is 7.08. The third-order valence-electron chi connectivity index (χ3n) is 5.53. The molecular formula is C20H26N5O3S+. The maximum atomic E-state index is 11.6. The van der Waals surface area contributed by atoms with Crippen molar-refractivity contribution in [3.05, 3.63) is 40.5 Å². The standard InChI is InChI=1S/C20H25N5O3S/c1-3-28-15-6-4-13(5-7-15)16(24-10-8-14(9-11-24)18(21)26)17-19(27)25-20(29-17)22-12(2)23-25/h4-7,14,16,27H,3,8-11H2,1-2H3,(H2,21,26)/p+1/t16-/m1/s1. The van der Waals surface area contributed by atoms with Crippen LogP contribution in [-0.4, -0.2) is 45.3 Å². The first-order valence-corrected chi connectivity index (χ1v) is 10.7. The Hall–Kier alpha value is -2.65. The fourth-order valence-electron chi connectivity index (χ4n) is 4.09. The number of thiazole rings is 1. The van der Waals surface area contributed by atoms with Gasteiger partial charge in [-0.2, -0.15) is 4.52 Å². The lowest BCUT2D eigenvalue weighted by atomic mass is 9.93. The van der Waals surface area contributed by atoms with E-state index in [1.54, 1.807) is 0 Å². The number of primary amides is 1. The van der Waals surface area contributed by atoms with Gasteiger partial charge in [0.25, 0.3) is 0 Å². The molecule has 1 saturated heterocycles. The highest BCUT2D eigenvalue weighted by molar-refractivity contribution is 7.17. The number of hydrogen-bond donors (Lipinski definition) is 3. The number of ether oxygens (including phenoxy) is 1. The molecule has 1 aliphatic heterocycles. The molecule has 4 N–H and O–H groups in total. The number of nitrogens with zero attached hydrogens (tertiary/aromatic N) is 3. The van der Waals surface area contributed by atoms with Gasteiger partial charge in [0.2, 0.25) is 16.7 Å². The van der Waals surface area contributed by atoms with Gasteiger partial charge in [0.15, 0.2) is 6.04 Å². The number of fused-ring (bicyclic) bond motifs is 1. The predicted molar refractivity (Wildman–Crippen MR) is 109 cm³/mol. The van der Waals surface area contributed by atoms with Crippen LogP contribution in [0.3, 0.4) is 0 Å². The Labute approximate surface area is 172 Å². The molecule has 3 aromatic rings. The molecule has 0 spiro atoms. The number of nitrogens with one attached hydrogen (secondary N) is 1. The summed E-state index contributed by atoms with van der Waals surface area (Å²) in [6.07, 6.45) is 1.50. The summed E-state index contributed by atoms with van der Waals surface area (Å²) in [4.78, 5) is 18.8. The van der Waals surface area contributed by atoms with E-state index in [9.17, 15) is 9.90 Å². The Kier molecular flexibility index (Phi) is 5.42. The zero-order chi connectivity index (χ0) is 20.5. The van der Waals surface area contributed by atoms with Crippen molar-refractivity contribution in [3.63, 3.8) is 0 Å². The monoisotopic (exact) mass is 416 g/mol. The number of aryl methyl sites for hydroxylation is 1. The van der Waals surface area contributed by atoms with Gasteiger partial charge in [-0.3, -0.25) is 4.79 Å². The Morgan fingerprint density at radius 1 is 1.38 bits per heavy atom. The van der Waals surface area contributed by atoms with Crippen LogP contribution in [0.2, 0.25) is 0 Å². The smallest absolute Gasteiger partial charge is 0.235 e. The molecule has 29 heavy (non-hydrogen) atoms. The molecule has 9 heteroatoms. The lowest BCUT2D eigenvalue weighted by molar-refractivity contribution is -0.930. The van der Waals surface area contributed by atoms with E-state index in [4.69, 9.17) is 10.5 Å². The van der Waals surface area contributed by atoms with Gasteiger partial charge in [-0.25, -0.2) is 4.98 Å². The number of hydrogen-bond acceptors (Lipinski definition) is 6. The highest BCUT2D eigenvalue weighted by Gasteiger charge is 2.36. The van der Waals surface area contributed by atoms with E-state index in [0.717, 1.165) is 42.1 Å². The van der Waals surface area contributed by atoms with Crippen LogP contribution in [0.15, 0.2) is 24.3 Å². The first kappa shape index (κ1) is 19.7. The number of carbonyl (C=O) groups excluding carboxylic acids is 1. The van der Waals surface area contributed by atoms with Crippen molar-refractivity contribution in [2.75, 3.05) is 19.7 Å². The van der Waals surface area contributed by atoms with Gasteiger partial charge in [0.1, 0.15) is 16.5 Å². The van der Waals surface area contributed by atoms with Gasteiger partial charge in [0.05, 0.1) is 19.7 Å². The number of quaternary nitrogens is 1. The molecule has 0 saturated carbocycles. The van der Waals surface area contributed by atoms with Gasteiger partial charge in [-0.1, -0.05) is 11.3 Å². The van der Waals surface area contributed by atoms with Crippen LogP contribution in [0, 0.1) is 12.8 Å². The van der Waals surface area contributed by atoms with E-state index in [1.807, 2.05) is 38.1 Å². The molecule has 2 aromatic heterocycles. The average Bonchev–Trinajstić information content (AvgIpc) is 3.21. The van der Waals surface area contributed by atoms with Crippen molar-refractivity contribution in [2.24, 2.45) is 11.7 Å². The van der Waals surface area contributed by atoms with Gasteiger partial charge in [-0.05, 0) is 38.1 Å². The summed E-state index contributed by atoms with van der Waals surface area (Å²) in [5.74, 6) is 1.29. The van der Waals surface area contributed by atoms with Crippen molar-refractivity contribution in [1.29, 1.82) is 0 Å². The number of aromatic nitrogens is 3. The average molecular weight is 417 g/mol. The molecule has 0 aliphatic carbocycles. The number of benzene rings is 1. The van der Waals surface area contributed by atoms with E-state index in [-0.39, 0.29) is 23.7 Å². The molecule has 1 atom stereocenters. The quantitative estimate of drug-likeness (QED) is 0.557. The van der Waals surface area contributed by atoms with Crippen molar-refractivity contribution < 1.29 is 19.5 Å². The summed E-state index contributed by atoms with van der Waals surface area (Å²) in [6, 6.07) is 7.93. The van der Waals surface area contributed by atoms with Crippen LogP contribution in [-0.2, 0) is 4.79 Å². The highest BCUT2D eigenvalue weighted by atomic mass is 32.1. The van der Waals surface area contributed by atoms with Crippen LogP contribution in [0.5, 0.6) is 11.6 Å². The Bertz CT molecular complexity index is 1010. The van der Waals surface area contributed by atoms with Gasteiger partial charge in [-0.15, -0.1) is 5.10 Å². The first-order chi connectivity index (χ1) is 14.0. The van der Waals surface area contributed by atoms with Crippen LogP contribution < -0.4 is 15.4 Å². The van der Waals surface area contributed by atoms with Gasteiger partial charge < -0.3 is 20.5 Å².